The fraction of sp³-hybridized carbons (Fsp3) is 0.643. The highest BCUT2D eigenvalue weighted by atomic mass is 16.4. The predicted molar refractivity (Wildman–Crippen MR) is 73.5 cm³/mol. The zero-order valence-corrected chi connectivity index (χ0v) is 11.8. The maximum Gasteiger partial charge on any atom is 0.303 e. The van der Waals surface area contributed by atoms with Crippen LogP contribution in [0, 0.1) is 17.2 Å². The Hall–Kier alpha value is -2.03. The van der Waals surface area contributed by atoms with E-state index in [0.717, 1.165) is 25.9 Å². The lowest BCUT2D eigenvalue weighted by Gasteiger charge is -2.29. The second-order valence-electron chi connectivity index (χ2n) is 5.13. The number of carbonyl (C=O) groups excluding carboxylic acids is 1. The number of piperidine rings is 1. The molecule has 0 bridgehead atoms. The third-order valence-corrected chi connectivity index (χ3v) is 3.35. The molecule has 0 aromatic carbocycles. The van der Waals surface area contributed by atoms with E-state index in [1.807, 2.05) is 11.0 Å². The van der Waals surface area contributed by atoms with Crippen LogP contribution in [0.5, 0.6) is 0 Å². The van der Waals surface area contributed by atoms with E-state index in [1.165, 1.54) is 0 Å². The van der Waals surface area contributed by atoms with Crippen LogP contribution in [0.4, 0.5) is 0 Å². The average molecular weight is 279 g/mol. The van der Waals surface area contributed by atoms with Gasteiger partial charge in [-0.25, -0.2) is 0 Å². The minimum absolute atomic E-state index is 0.00982. The number of carbonyl (C=O) groups is 2. The third kappa shape index (κ3) is 5.74. The van der Waals surface area contributed by atoms with Gasteiger partial charge in [0.05, 0.1) is 0 Å². The molecule has 1 amide bonds. The summed E-state index contributed by atoms with van der Waals surface area (Å²) in [7, 11) is 0. The van der Waals surface area contributed by atoms with Crippen molar-refractivity contribution in [3.8, 4) is 6.07 Å². The Labute approximate surface area is 119 Å². The van der Waals surface area contributed by atoms with Gasteiger partial charge in [-0.2, -0.15) is 5.26 Å². The fourth-order valence-corrected chi connectivity index (χ4v) is 2.02. The molecule has 6 nitrogen and oxygen atoms in total. The molecule has 1 saturated heterocycles. The van der Waals surface area contributed by atoms with Crippen LogP contribution in [0.1, 0.15) is 32.6 Å². The number of carboxylic acid groups (broad SMARTS) is 1. The van der Waals surface area contributed by atoms with Crippen LogP contribution in [-0.2, 0) is 9.59 Å². The first-order chi connectivity index (χ1) is 9.52. The van der Waals surface area contributed by atoms with Crippen molar-refractivity contribution in [1.29, 1.82) is 5.26 Å². The van der Waals surface area contributed by atoms with Crippen LogP contribution >= 0.6 is 0 Å². The maximum absolute atomic E-state index is 11.8. The highest BCUT2D eigenvalue weighted by Gasteiger charge is 2.16. The van der Waals surface area contributed by atoms with Gasteiger partial charge in [-0.05, 0) is 25.2 Å². The Bertz CT molecular complexity index is 418. The zero-order chi connectivity index (χ0) is 15.0. The van der Waals surface area contributed by atoms with Crippen molar-refractivity contribution in [2.24, 2.45) is 5.92 Å². The minimum Gasteiger partial charge on any atom is -0.481 e. The third-order valence-electron chi connectivity index (χ3n) is 3.35. The van der Waals surface area contributed by atoms with E-state index in [2.05, 4.69) is 12.2 Å². The van der Waals surface area contributed by atoms with Crippen LogP contribution in [0.2, 0.25) is 0 Å². The van der Waals surface area contributed by atoms with E-state index in [9.17, 15) is 9.59 Å². The number of nitriles is 1. The number of hydrogen-bond donors (Lipinski definition) is 2. The Balaban J connectivity index is 2.42. The summed E-state index contributed by atoms with van der Waals surface area (Å²) < 4.78 is 0. The zero-order valence-electron chi connectivity index (χ0n) is 11.8. The summed E-state index contributed by atoms with van der Waals surface area (Å²) in [6.45, 7) is 4.18. The molecule has 0 aliphatic carbocycles. The summed E-state index contributed by atoms with van der Waals surface area (Å²) in [5.41, 5.74) is 0.0786. The highest BCUT2D eigenvalue weighted by Crippen LogP contribution is 2.16. The predicted octanol–water partition coefficient (Wildman–Crippen LogP) is 1.11. The van der Waals surface area contributed by atoms with Gasteiger partial charge < -0.3 is 15.3 Å². The second-order valence-corrected chi connectivity index (χ2v) is 5.13. The fourth-order valence-electron chi connectivity index (χ4n) is 2.02. The van der Waals surface area contributed by atoms with Crippen molar-refractivity contribution in [1.82, 2.24) is 10.2 Å². The number of hydrogen-bond acceptors (Lipinski definition) is 4. The van der Waals surface area contributed by atoms with Crippen LogP contribution < -0.4 is 5.32 Å². The molecular weight excluding hydrogens is 258 g/mol. The summed E-state index contributed by atoms with van der Waals surface area (Å²) in [5.74, 6) is -0.635. The molecule has 110 valence electrons. The van der Waals surface area contributed by atoms with Gasteiger partial charge in [0.15, 0.2) is 0 Å². The summed E-state index contributed by atoms with van der Waals surface area (Å²) in [4.78, 5) is 24.1. The largest absolute Gasteiger partial charge is 0.481 e. The maximum atomic E-state index is 11.8. The molecule has 1 rings (SSSR count). The second kappa shape index (κ2) is 8.20. The Morgan fingerprint density at radius 3 is 2.65 bits per heavy atom. The normalized spacial score (nSPS) is 16.6. The molecule has 6 heteroatoms. The minimum atomic E-state index is -0.891. The summed E-state index contributed by atoms with van der Waals surface area (Å²) >= 11 is 0. The quantitative estimate of drug-likeness (QED) is 0.431. The molecule has 1 aliphatic rings. The molecule has 0 spiro atoms. The van der Waals surface area contributed by atoms with E-state index in [1.54, 1.807) is 6.20 Å². The van der Waals surface area contributed by atoms with Crippen molar-refractivity contribution in [3.63, 3.8) is 0 Å². The Kier molecular flexibility index (Phi) is 6.57. The van der Waals surface area contributed by atoms with Crippen LogP contribution in [0.15, 0.2) is 11.8 Å². The number of amides is 1. The number of rotatable bonds is 6. The Morgan fingerprint density at radius 1 is 1.45 bits per heavy atom. The molecule has 0 radical (unpaired) electrons. The Morgan fingerprint density at radius 2 is 2.10 bits per heavy atom. The standard InChI is InChI=1S/C14H21N3O3/c1-11-4-7-17(8-5-11)10-12(9-15)14(20)16-6-2-3-13(18)19/h10-11H,2-8H2,1H3,(H,16,20)(H,18,19)/b12-10-. The van der Waals surface area contributed by atoms with Crippen molar-refractivity contribution in [3.05, 3.63) is 11.8 Å². The first kappa shape index (κ1) is 16.0. The van der Waals surface area contributed by atoms with Crippen molar-refractivity contribution >= 4 is 11.9 Å². The van der Waals surface area contributed by atoms with Gasteiger partial charge in [0.1, 0.15) is 11.6 Å². The molecule has 1 fully saturated rings. The molecule has 0 saturated carbocycles. The van der Waals surface area contributed by atoms with E-state index in [0.29, 0.717) is 12.3 Å². The number of aliphatic carboxylic acids is 1. The molecule has 0 aromatic rings. The lowest BCUT2D eigenvalue weighted by Crippen LogP contribution is -2.31. The number of nitrogens with one attached hydrogen (secondary N) is 1. The van der Waals surface area contributed by atoms with Crippen LogP contribution in [-0.4, -0.2) is 41.5 Å². The molecule has 0 unspecified atom stereocenters. The lowest BCUT2D eigenvalue weighted by molar-refractivity contribution is -0.137. The summed E-state index contributed by atoms with van der Waals surface area (Å²) in [5, 5.41) is 20.1. The van der Waals surface area contributed by atoms with Crippen molar-refractivity contribution in [2.75, 3.05) is 19.6 Å². The van der Waals surface area contributed by atoms with Gasteiger partial charge in [-0.1, -0.05) is 6.92 Å². The SMILES string of the molecule is CC1CCN(/C=C(/C#N)C(=O)NCCCC(=O)O)CC1. The topological polar surface area (TPSA) is 93.4 Å². The molecule has 1 heterocycles. The van der Waals surface area contributed by atoms with Gasteiger partial charge in [-0.15, -0.1) is 0 Å². The molecule has 20 heavy (non-hydrogen) atoms. The first-order valence-electron chi connectivity index (χ1n) is 6.89. The van der Waals surface area contributed by atoms with Gasteiger partial charge in [0.25, 0.3) is 5.91 Å². The number of likely N-dealkylation sites (tertiary alicyclic amines) is 1. The molecule has 0 atom stereocenters. The smallest absolute Gasteiger partial charge is 0.303 e. The average Bonchev–Trinajstić information content (AvgIpc) is 2.42. The van der Waals surface area contributed by atoms with E-state index in [-0.39, 0.29) is 18.5 Å². The van der Waals surface area contributed by atoms with Crippen LogP contribution in [0.25, 0.3) is 0 Å². The summed E-state index contributed by atoms with van der Waals surface area (Å²) in [6.07, 6.45) is 4.11. The van der Waals surface area contributed by atoms with Gasteiger partial charge in [0.2, 0.25) is 0 Å². The summed E-state index contributed by atoms with van der Waals surface area (Å²) in [6, 6.07) is 1.90. The van der Waals surface area contributed by atoms with E-state index < -0.39 is 11.9 Å². The van der Waals surface area contributed by atoms with Crippen LogP contribution in [0.3, 0.4) is 0 Å². The lowest BCUT2D eigenvalue weighted by atomic mass is 9.99. The first-order valence-corrected chi connectivity index (χ1v) is 6.89. The van der Waals surface area contributed by atoms with Crippen molar-refractivity contribution in [2.45, 2.75) is 32.6 Å². The molecule has 1 aliphatic heterocycles. The molecule has 2 N–H and O–H groups in total. The number of nitrogens with zero attached hydrogens (tertiary/aromatic N) is 2. The van der Waals surface area contributed by atoms with Gasteiger partial charge >= 0.3 is 5.97 Å². The number of carboxylic acids is 1. The van der Waals surface area contributed by atoms with Crippen molar-refractivity contribution < 1.29 is 14.7 Å². The van der Waals surface area contributed by atoms with E-state index in [4.69, 9.17) is 10.4 Å². The molecule has 0 aromatic heterocycles. The van der Waals surface area contributed by atoms with E-state index >= 15 is 0 Å². The van der Waals surface area contributed by atoms with Gasteiger partial charge in [0, 0.05) is 32.3 Å². The highest BCUT2D eigenvalue weighted by molar-refractivity contribution is 5.97. The van der Waals surface area contributed by atoms with Gasteiger partial charge in [-0.3, -0.25) is 9.59 Å². The monoisotopic (exact) mass is 279 g/mol. The molecular formula is C14H21N3O3.